The molecule has 0 spiro atoms. The van der Waals surface area contributed by atoms with Crippen molar-refractivity contribution in [2.24, 2.45) is 0 Å². The molecular formula is C7H13NO6. The summed E-state index contributed by atoms with van der Waals surface area (Å²) in [5.41, 5.74) is 0. The summed E-state index contributed by atoms with van der Waals surface area (Å²) in [4.78, 5) is 24.0. The molecule has 0 aliphatic rings. The van der Waals surface area contributed by atoms with Crippen molar-refractivity contribution < 1.29 is 24.6 Å². The average Bonchev–Trinajstić information content (AvgIpc) is 2.01. The normalized spacial score (nSPS) is 11.8. The van der Waals surface area contributed by atoms with Gasteiger partial charge in [0.05, 0.1) is 6.61 Å². The predicted molar refractivity (Wildman–Crippen MR) is 45.4 cm³/mol. The van der Waals surface area contributed by atoms with Crippen molar-refractivity contribution in [3.05, 3.63) is 10.1 Å². The topological polar surface area (TPSA) is 98.9 Å². The summed E-state index contributed by atoms with van der Waals surface area (Å²) in [7, 11) is 0. The maximum absolute atomic E-state index is 9.91. The highest BCUT2D eigenvalue weighted by Gasteiger charge is 2.06. The minimum Gasteiger partial charge on any atom is -0.450 e. The van der Waals surface area contributed by atoms with Crippen LogP contribution < -0.4 is 0 Å². The highest BCUT2D eigenvalue weighted by Crippen LogP contribution is 2.04. The number of hydrogen-bond donors (Lipinski definition) is 1. The van der Waals surface area contributed by atoms with Crippen molar-refractivity contribution in [3.63, 3.8) is 0 Å². The van der Waals surface area contributed by atoms with E-state index >= 15 is 0 Å². The molecule has 0 saturated heterocycles. The highest BCUT2D eigenvalue weighted by atomic mass is 17.0. The first kappa shape index (κ1) is 12.5. The molecule has 0 heterocycles. The van der Waals surface area contributed by atoms with Crippen molar-refractivity contribution in [1.29, 1.82) is 0 Å². The molecule has 0 aromatic carbocycles. The van der Waals surface area contributed by atoms with E-state index in [9.17, 15) is 14.9 Å². The summed E-state index contributed by atoms with van der Waals surface area (Å²) in [6.45, 7) is 1.70. The van der Waals surface area contributed by atoms with Crippen LogP contribution in [-0.4, -0.2) is 29.1 Å². The van der Waals surface area contributed by atoms with E-state index in [0.29, 0.717) is 19.3 Å². The summed E-state index contributed by atoms with van der Waals surface area (Å²) in [5.74, 6) is 0. The molecule has 1 N–H and O–H groups in total. The third kappa shape index (κ3) is 8.57. The molecular weight excluding hydrogens is 194 g/mol. The fourth-order valence-corrected chi connectivity index (χ4v) is 0.893. The first-order valence-corrected chi connectivity index (χ1v) is 4.19. The smallest absolute Gasteiger partial charge is 0.450 e. The fraction of sp³-hybridized carbons (Fsp3) is 0.857. The maximum atomic E-state index is 9.91. The van der Waals surface area contributed by atoms with Gasteiger partial charge in [0.25, 0.3) is 5.09 Å². The van der Waals surface area contributed by atoms with E-state index in [1.54, 1.807) is 6.92 Å². The number of rotatable bonds is 7. The van der Waals surface area contributed by atoms with Crippen LogP contribution in [0.3, 0.4) is 0 Å². The first-order valence-electron chi connectivity index (χ1n) is 4.19. The number of ether oxygens (including phenoxy) is 1. The van der Waals surface area contributed by atoms with Gasteiger partial charge in [0, 0.05) is 0 Å². The minimum absolute atomic E-state index is 0.112. The molecule has 7 nitrogen and oxygen atoms in total. The molecule has 1 atom stereocenters. The molecule has 0 rings (SSSR count). The van der Waals surface area contributed by atoms with Gasteiger partial charge in [-0.1, -0.05) is 0 Å². The SMILES string of the molecule is C[C@H](CCCCOC(=O)O)O[N+](=O)[O-]. The Bertz CT molecular complexity index is 195. The summed E-state index contributed by atoms with van der Waals surface area (Å²) in [6, 6.07) is 0. The summed E-state index contributed by atoms with van der Waals surface area (Å²) in [5, 5.41) is 17.1. The van der Waals surface area contributed by atoms with Crippen molar-refractivity contribution in [2.75, 3.05) is 6.61 Å². The molecule has 0 fully saturated rings. The van der Waals surface area contributed by atoms with Gasteiger partial charge in [-0.15, -0.1) is 10.1 Å². The van der Waals surface area contributed by atoms with Crippen LogP contribution in [0.2, 0.25) is 0 Å². The van der Waals surface area contributed by atoms with Gasteiger partial charge in [0.2, 0.25) is 0 Å². The Kier molecular flexibility index (Phi) is 6.17. The van der Waals surface area contributed by atoms with E-state index in [1.807, 2.05) is 0 Å². The Balaban J connectivity index is 3.27. The molecule has 82 valence electrons. The fourth-order valence-electron chi connectivity index (χ4n) is 0.893. The minimum atomic E-state index is -1.31. The molecule has 0 aliphatic heterocycles. The van der Waals surface area contributed by atoms with Gasteiger partial charge < -0.3 is 14.7 Å². The zero-order valence-electron chi connectivity index (χ0n) is 7.84. The lowest BCUT2D eigenvalue weighted by atomic mass is 10.2. The number of carbonyl (C=O) groups is 1. The quantitative estimate of drug-likeness (QED) is 0.293. The highest BCUT2D eigenvalue weighted by molar-refractivity contribution is 5.56. The Morgan fingerprint density at radius 3 is 2.71 bits per heavy atom. The second-order valence-electron chi connectivity index (χ2n) is 2.75. The Morgan fingerprint density at radius 1 is 1.57 bits per heavy atom. The zero-order valence-corrected chi connectivity index (χ0v) is 7.84. The Morgan fingerprint density at radius 2 is 2.21 bits per heavy atom. The lowest BCUT2D eigenvalue weighted by Gasteiger charge is -2.07. The summed E-state index contributed by atoms with van der Waals surface area (Å²) >= 11 is 0. The molecule has 0 aromatic heterocycles. The van der Waals surface area contributed by atoms with Gasteiger partial charge in [-0.2, -0.15) is 0 Å². The summed E-state index contributed by atoms with van der Waals surface area (Å²) in [6.07, 6.45) is -0.0985. The van der Waals surface area contributed by atoms with Crippen LogP contribution in [0.25, 0.3) is 0 Å². The van der Waals surface area contributed by atoms with Crippen LogP contribution in [-0.2, 0) is 9.57 Å². The third-order valence-electron chi connectivity index (χ3n) is 1.50. The average molecular weight is 207 g/mol. The van der Waals surface area contributed by atoms with E-state index in [2.05, 4.69) is 9.57 Å². The van der Waals surface area contributed by atoms with Crippen LogP contribution in [0.15, 0.2) is 0 Å². The molecule has 0 saturated carbocycles. The molecule has 0 aromatic rings. The second-order valence-corrected chi connectivity index (χ2v) is 2.75. The largest absolute Gasteiger partial charge is 0.505 e. The van der Waals surface area contributed by atoms with Crippen molar-refractivity contribution in [3.8, 4) is 0 Å². The molecule has 0 aliphatic carbocycles. The van der Waals surface area contributed by atoms with E-state index in [4.69, 9.17) is 5.11 Å². The van der Waals surface area contributed by atoms with Gasteiger partial charge >= 0.3 is 6.16 Å². The van der Waals surface area contributed by atoms with Crippen LogP contribution >= 0.6 is 0 Å². The second kappa shape index (κ2) is 6.93. The zero-order chi connectivity index (χ0) is 11.0. The van der Waals surface area contributed by atoms with Gasteiger partial charge in [0.1, 0.15) is 6.10 Å². The van der Waals surface area contributed by atoms with Gasteiger partial charge in [0.15, 0.2) is 0 Å². The van der Waals surface area contributed by atoms with Crippen LogP contribution in [0.1, 0.15) is 26.2 Å². The van der Waals surface area contributed by atoms with Crippen molar-refractivity contribution in [2.45, 2.75) is 32.3 Å². The first-order chi connectivity index (χ1) is 6.52. The van der Waals surface area contributed by atoms with Gasteiger partial charge in [-0.25, -0.2) is 4.79 Å². The molecule has 0 amide bonds. The molecule has 7 heteroatoms. The molecule has 0 radical (unpaired) electrons. The van der Waals surface area contributed by atoms with Crippen LogP contribution in [0, 0.1) is 10.1 Å². The maximum Gasteiger partial charge on any atom is 0.505 e. The van der Waals surface area contributed by atoms with E-state index in [1.165, 1.54) is 0 Å². The predicted octanol–water partition coefficient (Wildman–Crippen LogP) is 1.45. The number of nitrogens with zero attached hydrogens (tertiary/aromatic N) is 1. The standard InChI is InChI=1S/C7H13NO6/c1-6(14-8(11)12)4-2-3-5-13-7(9)10/h6H,2-5H2,1H3,(H,9,10)/t6-/m1/s1. The lowest BCUT2D eigenvalue weighted by Crippen LogP contribution is -2.13. The van der Waals surface area contributed by atoms with Crippen LogP contribution in [0.5, 0.6) is 0 Å². The van der Waals surface area contributed by atoms with Crippen molar-refractivity contribution >= 4 is 6.16 Å². The van der Waals surface area contributed by atoms with E-state index in [-0.39, 0.29) is 6.61 Å². The van der Waals surface area contributed by atoms with E-state index in [0.717, 1.165) is 0 Å². The van der Waals surface area contributed by atoms with Gasteiger partial charge in [-0.3, -0.25) is 0 Å². The number of unbranched alkanes of at least 4 members (excludes halogenated alkanes) is 1. The third-order valence-corrected chi connectivity index (χ3v) is 1.50. The molecule has 0 bridgehead atoms. The van der Waals surface area contributed by atoms with Gasteiger partial charge in [-0.05, 0) is 26.2 Å². The number of hydrogen-bond acceptors (Lipinski definition) is 5. The molecule has 14 heavy (non-hydrogen) atoms. The molecule has 0 unspecified atom stereocenters. The monoisotopic (exact) mass is 207 g/mol. The van der Waals surface area contributed by atoms with E-state index < -0.39 is 17.3 Å². The number of carboxylic acid groups (broad SMARTS) is 1. The summed E-state index contributed by atoms with van der Waals surface area (Å²) < 4.78 is 4.25. The van der Waals surface area contributed by atoms with Crippen LogP contribution in [0.4, 0.5) is 4.79 Å². The Hall–Kier alpha value is -1.53. The Labute approximate surface area is 80.7 Å². The van der Waals surface area contributed by atoms with Crippen molar-refractivity contribution in [1.82, 2.24) is 0 Å². The lowest BCUT2D eigenvalue weighted by molar-refractivity contribution is -0.767.